The molecule has 0 aliphatic carbocycles. The van der Waals surface area contributed by atoms with E-state index in [0.717, 1.165) is 31.8 Å². The van der Waals surface area contributed by atoms with Gasteiger partial charge in [-0.3, -0.25) is 0 Å². The van der Waals surface area contributed by atoms with Gasteiger partial charge in [-0.1, -0.05) is 19.1 Å². The first-order chi connectivity index (χ1) is 8.90. The lowest BCUT2D eigenvalue weighted by Crippen LogP contribution is -2.53. The Labute approximate surface area is 116 Å². The Morgan fingerprint density at radius 1 is 1.37 bits per heavy atom. The van der Waals surface area contributed by atoms with Crippen molar-refractivity contribution in [3.8, 4) is 5.75 Å². The summed E-state index contributed by atoms with van der Waals surface area (Å²) in [5.41, 5.74) is 8.61. The molecular formula is C16H25NO2. The monoisotopic (exact) mass is 263 g/mol. The minimum absolute atomic E-state index is 0.00870. The number of rotatable bonds is 5. The fourth-order valence-corrected chi connectivity index (χ4v) is 2.96. The average Bonchev–Trinajstić information content (AvgIpc) is 2.32. The van der Waals surface area contributed by atoms with Crippen LogP contribution in [0.3, 0.4) is 0 Å². The second kappa shape index (κ2) is 5.14. The van der Waals surface area contributed by atoms with Gasteiger partial charge in [-0.05, 0) is 38.3 Å². The minimum Gasteiger partial charge on any atom is -0.496 e. The number of nitrogens with two attached hydrogens (primary N) is 1. The van der Waals surface area contributed by atoms with Crippen molar-refractivity contribution in [2.75, 3.05) is 20.3 Å². The summed E-state index contributed by atoms with van der Waals surface area (Å²) >= 11 is 0. The summed E-state index contributed by atoms with van der Waals surface area (Å²) in [5.74, 6) is 0.949. The van der Waals surface area contributed by atoms with Crippen molar-refractivity contribution >= 4 is 0 Å². The smallest absolute Gasteiger partial charge is 0.122 e. The summed E-state index contributed by atoms with van der Waals surface area (Å²) < 4.78 is 11.0. The quantitative estimate of drug-likeness (QED) is 0.888. The fraction of sp³-hybridized carbons (Fsp3) is 0.625. The number of hydrogen-bond acceptors (Lipinski definition) is 3. The van der Waals surface area contributed by atoms with Crippen molar-refractivity contribution in [1.82, 2.24) is 0 Å². The molecule has 106 valence electrons. The fourth-order valence-electron chi connectivity index (χ4n) is 2.96. The lowest BCUT2D eigenvalue weighted by atomic mass is 9.70. The minimum atomic E-state index is -0.211. The number of benzene rings is 1. The van der Waals surface area contributed by atoms with Crippen LogP contribution in [0.15, 0.2) is 18.2 Å². The molecule has 0 amide bonds. The molecule has 0 radical (unpaired) electrons. The van der Waals surface area contributed by atoms with Crippen LogP contribution in [-0.4, -0.2) is 25.9 Å². The van der Waals surface area contributed by atoms with Crippen molar-refractivity contribution in [2.24, 2.45) is 5.73 Å². The van der Waals surface area contributed by atoms with Crippen LogP contribution >= 0.6 is 0 Å². The van der Waals surface area contributed by atoms with Gasteiger partial charge in [0.15, 0.2) is 0 Å². The van der Waals surface area contributed by atoms with E-state index in [2.05, 4.69) is 39.0 Å². The molecule has 0 aromatic heterocycles. The van der Waals surface area contributed by atoms with Crippen LogP contribution < -0.4 is 10.5 Å². The second-order valence-corrected chi connectivity index (χ2v) is 6.33. The highest BCUT2D eigenvalue weighted by Gasteiger charge is 2.45. The SMILES string of the molecule is CCc1ccc(OC)c(C2(CC(C)(C)N)COC2)c1. The van der Waals surface area contributed by atoms with Gasteiger partial charge in [-0.15, -0.1) is 0 Å². The number of ether oxygens (including phenoxy) is 2. The van der Waals surface area contributed by atoms with Gasteiger partial charge in [0, 0.05) is 16.5 Å². The molecule has 1 aliphatic heterocycles. The third-order valence-corrected chi connectivity index (χ3v) is 3.79. The van der Waals surface area contributed by atoms with Crippen molar-refractivity contribution < 1.29 is 9.47 Å². The Morgan fingerprint density at radius 2 is 2.05 bits per heavy atom. The molecule has 0 saturated carbocycles. The van der Waals surface area contributed by atoms with Gasteiger partial charge in [0.2, 0.25) is 0 Å². The van der Waals surface area contributed by atoms with Crippen LogP contribution in [0.1, 0.15) is 38.3 Å². The standard InChI is InChI=1S/C16H25NO2/c1-5-12-6-7-14(18-4)13(8-12)16(10-19-11-16)9-15(2,3)17/h6-8H,5,9-11,17H2,1-4H3. The summed E-state index contributed by atoms with van der Waals surface area (Å²) in [6.07, 6.45) is 1.93. The Kier molecular flexibility index (Phi) is 3.88. The number of aryl methyl sites for hydroxylation is 1. The van der Waals surface area contributed by atoms with Gasteiger partial charge in [-0.2, -0.15) is 0 Å². The van der Waals surface area contributed by atoms with Gasteiger partial charge < -0.3 is 15.2 Å². The van der Waals surface area contributed by atoms with Crippen LogP contribution in [0.5, 0.6) is 5.75 Å². The Balaban J connectivity index is 2.42. The molecule has 1 aliphatic rings. The van der Waals surface area contributed by atoms with E-state index in [1.54, 1.807) is 7.11 Å². The summed E-state index contributed by atoms with van der Waals surface area (Å²) in [7, 11) is 1.73. The molecule has 0 spiro atoms. The highest BCUT2D eigenvalue weighted by molar-refractivity contribution is 5.44. The average molecular weight is 263 g/mol. The molecule has 0 unspecified atom stereocenters. The Morgan fingerprint density at radius 3 is 2.47 bits per heavy atom. The van der Waals surface area contributed by atoms with E-state index in [0.29, 0.717) is 0 Å². The van der Waals surface area contributed by atoms with E-state index in [-0.39, 0.29) is 11.0 Å². The van der Waals surface area contributed by atoms with Crippen molar-refractivity contribution in [1.29, 1.82) is 0 Å². The molecular weight excluding hydrogens is 238 g/mol. The number of methoxy groups -OCH3 is 1. The Bertz CT molecular complexity index is 445. The normalized spacial score (nSPS) is 17.9. The maximum atomic E-state index is 6.23. The van der Waals surface area contributed by atoms with Gasteiger partial charge in [0.1, 0.15) is 5.75 Å². The van der Waals surface area contributed by atoms with Gasteiger partial charge in [0.25, 0.3) is 0 Å². The van der Waals surface area contributed by atoms with Gasteiger partial charge >= 0.3 is 0 Å². The third-order valence-electron chi connectivity index (χ3n) is 3.79. The van der Waals surface area contributed by atoms with E-state index in [4.69, 9.17) is 15.2 Å². The largest absolute Gasteiger partial charge is 0.496 e. The molecule has 3 heteroatoms. The lowest BCUT2D eigenvalue weighted by molar-refractivity contribution is -0.0727. The van der Waals surface area contributed by atoms with Crippen LogP contribution in [0.25, 0.3) is 0 Å². The molecule has 1 heterocycles. The molecule has 19 heavy (non-hydrogen) atoms. The Hall–Kier alpha value is -1.06. The summed E-state index contributed by atoms with van der Waals surface area (Å²) in [6, 6.07) is 6.45. The number of hydrogen-bond donors (Lipinski definition) is 1. The maximum Gasteiger partial charge on any atom is 0.122 e. The van der Waals surface area contributed by atoms with E-state index < -0.39 is 0 Å². The van der Waals surface area contributed by atoms with Crippen LogP contribution in [0, 0.1) is 0 Å². The van der Waals surface area contributed by atoms with Crippen molar-refractivity contribution in [3.63, 3.8) is 0 Å². The predicted octanol–water partition coefficient (Wildman–Crippen LogP) is 2.65. The third kappa shape index (κ3) is 2.93. The first-order valence-electron chi connectivity index (χ1n) is 6.94. The molecule has 2 rings (SSSR count). The van der Waals surface area contributed by atoms with Crippen LogP contribution in [0.4, 0.5) is 0 Å². The first-order valence-corrected chi connectivity index (χ1v) is 6.94. The predicted molar refractivity (Wildman–Crippen MR) is 77.8 cm³/mol. The van der Waals surface area contributed by atoms with Crippen molar-refractivity contribution in [2.45, 2.75) is 44.6 Å². The van der Waals surface area contributed by atoms with E-state index in [1.807, 2.05) is 0 Å². The van der Waals surface area contributed by atoms with Crippen molar-refractivity contribution in [3.05, 3.63) is 29.3 Å². The summed E-state index contributed by atoms with van der Waals surface area (Å²) in [6.45, 7) is 7.78. The maximum absolute atomic E-state index is 6.23. The summed E-state index contributed by atoms with van der Waals surface area (Å²) in [5, 5.41) is 0. The zero-order valence-corrected chi connectivity index (χ0v) is 12.5. The van der Waals surface area contributed by atoms with E-state index in [1.165, 1.54) is 11.1 Å². The van der Waals surface area contributed by atoms with E-state index in [9.17, 15) is 0 Å². The topological polar surface area (TPSA) is 44.5 Å². The first kappa shape index (κ1) is 14.4. The molecule has 1 aromatic rings. The lowest BCUT2D eigenvalue weighted by Gasteiger charge is -2.46. The molecule has 2 N–H and O–H groups in total. The van der Waals surface area contributed by atoms with Crippen LogP contribution in [-0.2, 0) is 16.6 Å². The second-order valence-electron chi connectivity index (χ2n) is 6.33. The highest BCUT2D eigenvalue weighted by atomic mass is 16.5. The molecule has 3 nitrogen and oxygen atoms in total. The summed E-state index contributed by atoms with van der Waals surface area (Å²) in [4.78, 5) is 0. The zero-order valence-electron chi connectivity index (χ0n) is 12.5. The molecule has 1 saturated heterocycles. The molecule has 0 atom stereocenters. The molecule has 1 fully saturated rings. The van der Waals surface area contributed by atoms with Gasteiger partial charge in [-0.25, -0.2) is 0 Å². The molecule has 1 aromatic carbocycles. The van der Waals surface area contributed by atoms with E-state index >= 15 is 0 Å². The van der Waals surface area contributed by atoms with Gasteiger partial charge in [0.05, 0.1) is 20.3 Å². The highest BCUT2D eigenvalue weighted by Crippen LogP contribution is 2.43. The van der Waals surface area contributed by atoms with Crippen LogP contribution in [0.2, 0.25) is 0 Å². The molecule has 0 bridgehead atoms. The zero-order chi connectivity index (χ0) is 14.1.